The minimum Gasteiger partial charge on any atom is -0.372 e. The summed E-state index contributed by atoms with van der Waals surface area (Å²) in [5.74, 6) is 0. The van der Waals surface area contributed by atoms with Gasteiger partial charge in [0.1, 0.15) is 0 Å². The summed E-state index contributed by atoms with van der Waals surface area (Å²) in [6.45, 7) is 0.697. The summed E-state index contributed by atoms with van der Waals surface area (Å²) in [6.07, 6.45) is 4.40. The summed E-state index contributed by atoms with van der Waals surface area (Å²) in [4.78, 5) is 4.28. The molecule has 1 fully saturated rings. The number of halogens is 2. The summed E-state index contributed by atoms with van der Waals surface area (Å²) in [5, 5.41) is 1.07. The maximum atomic E-state index is 6.06. The molecule has 20 heavy (non-hydrogen) atoms. The monoisotopic (exact) mass is 308 g/mol. The number of ether oxygens (including phenoxy) is 1. The Hall–Kier alpha value is -1.13. The van der Waals surface area contributed by atoms with Crippen molar-refractivity contribution in [1.82, 2.24) is 4.98 Å². The van der Waals surface area contributed by atoms with E-state index in [0.29, 0.717) is 16.7 Å². The molecule has 1 saturated heterocycles. The summed E-state index contributed by atoms with van der Waals surface area (Å²) in [7, 11) is 0. The van der Waals surface area contributed by atoms with Crippen LogP contribution in [0.4, 0.5) is 0 Å². The highest BCUT2D eigenvalue weighted by molar-refractivity contribution is 6.42. The lowest BCUT2D eigenvalue weighted by Gasteiger charge is -2.15. The van der Waals surface area contributed by atoms with Crippen molar-refractivity contribution < 1.29 is 4.74 Å². The predicted molar refractivity (Wildman–Crippen MR) is 81.0 cm³/mol. The third kappa shape index (κ3) is 2.67. The molecule has 0 bridgehead atoms. The third-order valence-corrected chi connectivity index (χ3v) is 4.22. The van der Waals surface area contributed by atoms with Gasteiger partial charge in [0.25, 0.3) is 0 Å². The van der Waals surface area contributed by atoms with Crippen LogP contribution in [0.3, 0.4) is 0 Å². The number of aromatic nitrogens is 1. The Balaban J connectivity index is 1.96. The first kappa shape index (κ1) is 13.8. The lowest BCUT2D eigenvalue weighted by molar-refractivity contribution is 0.105. The van der Waals surface area contributed by atoms with Gasteiger partial charge in [-0.1, -0.05) is 29.3 Å². The molecule has 1 aliphatic rings. The number of hydrogen-bond donors (Lipinski definition) is 1. The van der Waals surface area contributed by atoms with Crippen LogP contribution in [0.5, 0.6) is 0 Å². The standard InChI is InChI=1S/C15H14Cl2N2O/c16-12-2-1-9(6-13(12)17)10-5-11(8-19-7-10)15-14(18)3-4-20-15/h1-2,5-8,14-15H,3-4,18H2/t14-,15+/m1/s1. The van der Waals surface area contributed by atoms with Crippen LogP contribution in [0.15, 0.2) is 36.7 Å². The first-order valence-corrected chi connectivity index (χ1v) is 7.18. The maximum absolute atomic E-state index is 6.06. The Morgan fingerprint density at radius 1 is 1.10 bits per heavy atom. The highest BCUT2D eigenvalue weighted by Crippen LogP contribution is 2.32. The lowest BCUT2D eigenvalue weighted by Crippen LogP contribution is -2.23. The first-order chi connectivity index (χ1) is 9.65. The average molecular weight is 309 g/mol. The van der Waals surface area contributed by atoms with Gasteiger partial charge >= 0.3 is 0 Å². The van der Waals surface area contributed by atoms with Crippen LogP contribution in [0.25, 0.3) is 11.1 Å². The second-order valence-electron chi connectivity index (χ2n) is 4.88. The molecule has 1 aromatic heterocycles. The fourth-order valence-electron chi connectivity index (χ4n) is 2.40. The van der Waals surface area contributed by atoms with Gasteiger partial charge in [0.15, 0.2) is 0 Å². The van der Waals surface area contributed by atoms with E-state index in [2.05, 4.69) is 4.98 Å². The molecule has 104 valence electrons. The largest absolute Gasteiger partial charge is 0.372 e. The van der Waals surface area contributed by atoms with E-state index in [-0.39, 0.29) is 12.1 Å². The van der Waals surface area contributed by atoms with Crippen LogP contribution in [-0.4, -0.2) is 17.6 Å². The second-order valence-corrected chi connectivity index (χ2v) is 5.69. The maximum Gasteiger partial charge on any atom is 0.0991 e. The second kappa shape index (κ2) is 5.70. The molecule has 3 nitrogen and oxygen atoms in total. The molecule has 0 spiro atoms. The molecule has 2 heterocycles. The van der Waals surface area contributed by atoms with E-state index in [4.69, 9.17) is 33.7 Å². The summed E-state index contributed by atoms with van der Waals surface area (Å²) in [5.41, 5.74) is 9.00. The molecule has 1 aromatic carbocycles. The summed E-state index contributed by atoms with van der Waals surface area (Å²) < 4.78 is 5.67. The molecule has 5 heteroatoms. The van der Waals surface area contributed by atoms with E-state index in [0.717, 1.165) is 23.1 Å². The minimum atomic E-state index is -0.0785. The van der Waals surface area contributed by atoms with Gasteiger partial charge in [-0.05, 0) is 30.2 Å². The SMILES string of the molecule is N[C@@H]1CCO[C@H]1c1cncc(-c2ccc(Cl)c(Cl)c2)c1. The zero-order valence-corrected chi connectivity index (χ0v) is 12.2. The predicted octanol–water partition coefficient (Wildman–Crippen LogP) is 3.84. The summed E-state index contributed by atoms with van der Waals surface area (Å²) >= 11 is 12.0. The molecule has 0 aliphatic carbocycles. The van der Waals surface area contributed by atoms with E-state index in [1.165, 1.54) is 0 Å². The Morgan fingerprint density at radius 3 is 2.65 bits per heavy atom. The van der Waals surface area contributed by atoms with Crippen molar-refractivity contribution in [3.63, 3.8) is 0 Å². The van der Waals surface area contributed by atoms with E-state index in [1.807, 2.05) is 18.2 Å². The molecule has 0 unspecified atom stereocenters. The van der Waals surface area contributed by atoms with Gasteiger partial charge in [-0.2, -0.15) is 0 Å². The summed E-state index contributed by atoms with van der Waals surface area (Å²) in [6, 6.07) is 7.61. The normalized spacial score (nSPS) is 22.1. The van der Waals surface area contributed by atoms with E-state index in [1.54, 1.807) is 18.5 Å². The number of rotatable bonds is 2. The number of nitrogens with two attached hydrogens (primary N) is 1. The Labute approximate surface area is 127 Å². The van der Waals surface area contributed by atoms with Gasteiger partial charge in [0, 0.05) is 36.2 Å². The molecular weight excluding hydrogens is 295 g/mol. The topological polar surface area (TPSA) is 48.1 Å². The fraction of sp³-hybridized carbons (Fsp3) is 0.267. The molecule has 2 aromatic rings. The Kier molecular flexibility index (Phi) is 3.94. The van der Waals surface area contributed by atoms with Crippen molar-refractivity contribution in [1.29, 1.82) is 0 Å². The number of nitrogens with zero attached hydrogens (tertiary/aromatic N) is 1. The molecule has 1 aliphatic heterocycles. The van der Waals surface area contributed by atoms with Gasteiger partial charge in [-0.15, -0.1) is 0 Å². The van der Waals surface area contributed by atoms with E-state index in [9.17, 15) is 0 Å². The number of hydrogen-bond acceptors (Lipinski definition) is 3. The smallest absolute Gasteiger partial charge is 0.0991 e. The van der Waals surface area contributed by atoms with Crippen LogP contribution in [-0.2, 0) is 4.74 Å². The van der Waals surface area contributed by atoms with Crippen molar-refractivity contribution in [3.8, 4) is 11.1 Å². The Morgan fingerprint density at radius 2 is 1.95 bits per heavy atom. The average Bonchev–Trinajstić information content (AvgIpc) is 2.88. The van der Waals surface area contributed by atoms with Gasteiger partial charge in [-0.25, -0.2) is 0 Å². The lowest BCUT2D eigenvalue weighted by atomic mass is 10.0. The highest BCUT2D eigenvalue weighted by Gasteiger charge is 2.26. The van der Waals surface area contributed by atoms with Crippen LogP contribution in [0.1, 0.15) is 18.1 Å². The molecule has 0 radical (unpaired) electrons. The molecule has 0 amide bonds. The third-order valence-electron chi connectivity index (χ3n) is 3.48. The zero-order chi connectivity index (χ0) is 14.1. The fourth-order valence-corrected chi connectivity index (χ4v) is 2.69. The van der Waals surface area contributed by atoms with Gasteiger partial charge in [0.2, 0.25) is 0 Å². The van der Waals surface area contributed by atoms with Crippen LogP contribution in [0.2, 0.25) is 10.0 Å². The van der Waals surface area contributed by atoms with Gasteiger partial charge in [0.05, 0.1) is 16.1 Å². The molecule has 2 atom stereocenters. The number of benzene rings is 1. The quantitative estimate of drug-likeness (QED) is 0.917. The molecule has 2 N–H and O–H groups in total. The van der Waals surface area contributed by atoms with Crippen molar-refractivity contribution in [2.24, 2.45) is 5.73 Å². The van der Waals surface area contributed by atoms with Crippen LogP contribution in [0, 0.1) is 0 Å². The van der Waals surface area contributed by atoms with Crippen molar-refractivity contribution >= 4 is 23.2 Å². The molecule has 0 saturated carbocycles. The number of pyridine rings is 1. The van der Waals surface area contributed by atoms with Crippen molar-refractivity contribution in [3.05, 3.63) is 52.3 Å². The van der Waals surface area contributed by atoms with E-state index < -0.39 is 0 Å². The molecule has 3 rings (SSSR count). The minimum absolute atomic E-state index is 0.0286. The molecular formula is C15H14Cl2N2O. The van der Waals surface area contributed by atoms with Crippen molar-refractivity contribution in [2.45, 2.75) is 18.6 Å². The zero-order valence-electron chi connectivity index (χ0n) is 10.7. The van der Waals surface area contributed by atoms with E-state index >= 15 is 0 Å². The Bertz CT molecular complexity index is 633. The highest BCUT2D eigenvalue weighted by atomic mass is 35.5. The first-order valence-electron chi connectivity index (χ1n) is 6.43. The van der Waals surface area contributed by atoms with Crippen molar-refractivity contribution in [2.75, 3.05) is 6.61 Å². The van der Waals surface area contributed by atoms with Gasteiger partial charge in [-0.3, -0.25) is 4.98 Å². The van der Waals surface area contributed by atoms with Gasteiger partial charge < -0.3 is 10.5 Å². The van der Waals surface area contributed by atoms with Crippen LogP contribution < -0.4 is 5.73 Å². The van der Waals surface area contributed by atoms with Crippen LogP contribution >= 0.6 is 23.2 Å².